The van der Waals surface area contributed by atoms with Crippen molar-refractivity contribution in [2.75, 3.05) is 16.8 Å². The molecule has 0 bridgehead atoms. The number of nitrogens with zero attached hydrogens (tertiary/aromatic N) is 4. The zero-order chi connectivity index (χ0) is 19.7. The second-order valence-electron chi connectivity index (χ2n) is 7.34. The van der Waals surface area contributed by atoms with Crippen LogP contribution in [-0.4, -0.2) is 33.7 Å². The Bertz CT molecular complexity index is 1010. The second-order valence-corrected chi connectivity index (χ2v) is 7.34. The number of carbonyl (C=O) groups is 1. The number of ether oxygens (including phenoxy) is 1. The van der Waals surface area contributed by atoms with Crippen molar-refractivity contribution in [3.05, 3.63) is 54.4 Å². The molecule has 1 aliphatic rings. The van der Waals surface area contributed by atoms with E-state index in [-0.39, 0.29) is 18.0 Å². The molecule has 1 aliphatic heterocycles. The van der Waals surface area contributed by atoms with E-state index in [1.807, 2.05) is 26.0 Å². The second kappa shape index (κ2) is 7.42. The molecule has 4 rings (SSSR count). The van der Waals surface area contributed by atoms with Gasteiger partial charge >= 0.3 is 6.09 Å². The minimum atomic E-state index is -0.418. The molecule has 1 saturated heterocycles. The summed E-state index contributed by atoms with van der Waals surface area (Å²) in [7, 11) is 0. The Kier molecular flexibility index (Phi) is 4.81. The lowest BCUT2D eigenvalue weighted by atomic mass is 10.0. The van der Waals surface area contributed by atoms with E-state index in [2.05, 4.69) is 57.5 Å². The summed E-state index contributed by atoms with van der Waals surface area (Å²) in [4.78, 5) is 26.5. The Morgan fingerprint density at radius 3 is 2.68 bits per heavy atom. The van der Waals surface area contributed by atoms with Crippen LogP contribution in [0, 0.1) is 5.92 Å². The molecule has 7 nitrogen and oxygen atoms in total. The Hall–Kier alpha value is -3.22. The highest BCUT2D eigenvalue weighted by Crippen LogP contribution is 2.26. The molecule has 1 aromatic heterocycles. The number of rotatable bonds is 5. The Morgan fingerprint density at radius 2 is 1.89 bits per heavy atom. The van der Waals surface area contributed by atoms with E-state index in [9.17, 15) is 4.79 Å². The van der Waals surface area contributed by atoms with Gasteiger partial charge in [-0.3, -0.25) is 0 Å². The van der Waals surface area contributed by atoms with Crippen molar-refractivity contribution >= 4 is 28.8 Å². The van der Waals surface area contributed by atoms with Crippen molar-refractivity contribution < 1.29 is 9.53 Å². The number of amides is 1. The first-order valence-corrected chi connectivity index (χ1v) is 9.43. The van der Waals surface area contributed by atoms with E-state index < -0.39 is 6.09 Å². The molecule has 144 valence electrons. The smallest absolute Gasteiger partial charge is 0.417 e. The number of fused-ring (bicyclic) bond motifs is 1. The van der Waals surface area contributed by atoms with Crippen LogP contribution in [-0.2, 0) is 4.74 Å². The first-order chi connectivity index (χ1) is 13.5. The van der Waals surface area contributed by atoms with Crippen LogP contribution in [0.4, 0.5) is 16.7 Å². The molecule has 2 heterocycles. The Labute approximate surface area is 163 Å². The van der Waals surface area contributed by atoms with Gasteiger partial charge in [-0.25, -0.2) is 19.7 Å². The maximum Gasteiger partial charge on any atom is 0.417 e. The molecule has 28 heavy (non-hydrogen) atoms. The van der Waals surface area contributed by atoms with Gasteiger partial charge in [-0.1, -0.05) is 50.2 Å². The molecule has 7 heteroatoms. The van der Waals surface area contributed by atoms with Crippen LogP contribution in [0.15, 0.2) is 48.8 Å². The lowest BCUT2D eigenvalue weighted by Gasteiger charge is -2.22. The van der Waals surface area contributed by atoms with Gasteiger partial charge in [0.05, 0.1) is 12.1 Å². The van der Waals surface area contributed by atoms with E-state index in [1.165, 1.54) is 22.0 Å². The molecule has 0 saturated carbocycles. The van der Waals surface area contributed by atoms with Crippen LogP contribution in [0.1, 0.15) is 32.4 Å². The highest BCUT2D eigenvalue weighted by atomic mass is 16.6. The Balaban J connectivity index is 1.56. The molecule has 0 radical (unpaired) electrons. The number of cyclic esters (lactones) is 1. The molecule has 1 fully saturated rings. The third-order valence-electron chi connectivity index (χ3n) is 5.07. The van der Waals surface area contributed by atoms with E-state index in [1.54, 1.807) is 0 Å². The highest BCUT2D eigenvalue weighted by molar-refractivity contribution is 5.88. The third kappa shape index (κ3) is 3.47. The maximum absolute atomic E-state index is 12.2. The minimum absolute atomic E-state index is 0.00807. The maximum atomic E-state index is 12.2. The molecular formula is C21H23N5O2. The van der Waals surface area contributed by atoms with Crippen LogP contribution in [0.3, 0.4) is 0 Å². The molecular weight excluding hydrogens is 354 g/mol. The molecule has 0 spiro atoms. The SMILES string of the molecule is CC(C)[C@H]1COC(=O)N1c1ncnc(N[C@@H](C)c2ccc3ccccc3c2)n1. The van der Waals surface area contributed by atoms with Gasteiger partial charge in [0.2, 0.25) is 11.9 Å². The van der Waals surface area contributed by atoms with E-state index >= 15 is 0 Å². The summed E-state index contributed by atoms with van der Waals surface area (Å²) < 4.78 is 5.19. The molecule has 0 aliphatic carbocycles. The summed E-state index contributed by atoms with van der Waals surface area (Å²) in [5.74, 6) is 0.966. The lowest BCUT2D eigenvalue weighted by molar-refractivity contribution is 0.177. The largest absolute Gasteiger partial charge is 0.447 e. The highest BCUT2D eigenvalue weighted by Gasteiger charge is 2.38. The monoisotopic (exact) mass is 377 g/mol. The predicted octanol–water partition coefficient (Wildman–Crippen LogP) is 4.18. The van der Waals surface area contributed by atoms with Gasteiger partial charge in [0, 0.05) is 0 Å². The van der Waals surface area contributed by atoms with Gasteiger partial charge < -0.3 is 10.1 Å². The summed E-state index contributed by atoms with van der Waals surface area (Å²) in [5.41, 5.74) is 1.13. The van der Waals surface area contributed by atoms with Gasteiger partial charge in [-0.15, -0.1) is 0 Å². The molecule has 1 amide bonds. The standard InChI is InChI=1S/C21H23N5O2/c1-13(2)18-11-28-21(27)26(18)20-23-12-22-19(25-20)24-14(3)16-9-8-15-6-4-5-7-17(15)10-16/h4-10,12-14,18H,11H2,1-3H3,(H,22,23,24,25)/t14-,18+/m0/s1. The third-order valence-corrected chi connectivity index (χ3v) is 5.07. The van der Waals surface area contributed by atoms with Gasteiger partial charge in [0.15, 0.2) is 0 Å². The number of carbonyl (C=O) groups excluding carboxylic acids is 1. The summed E-state index contributed by atoms with van der Waals surface area (Å²) in [6, 6.07) is 14.5. The lowest BCUT2D eigenvalue weighted by Crippen LogP contribution is -2.38. The topological polar surface area (TPSA) is 80.2 Å². The van der Waals surface area contributed by atoms with Crippen molar-refractivity contribution in [3.63, 3.8) is 0 Å². The summed E-state index contributed by atoms with van der Waals surface area (Å²) in [6.07, 6.45) is 0.999. The van der Waals surface area contributed by atoms with E-state index in [4.69, 9.17) is 4.74 Å². The molecule has 1 N–H and O–H groups in total. The molecule has 2 aromatic carbocycles. The first kappa shape index (κ1) is 18.2. The fraction of sp³-hybridized carbons (Fsp3) is 0.333. The van der Waals surface area contributed by atoms with Crippen LogP contribution < -0.4 is 10.2 Å². The van der Waals surface area contributed by atoms with Crippen molar-refractivity contribution in [2.24, 2.45) is 5.92 Å². The number of hydrogen-bond donors (Lipinski definition) is 1. The van der Waals surface area contributed by atoms with Gasteiger partial charge in [-0.05, 0) is 35.2 Å². The normalized spacial score (nSPS) is 17.8. The zero-order valence-electron chi connectivity index (χ0n) is 16.2. The van der Waals surface area contributed by atoms with Crippen molar-refractivity contribution in [3.8, 4) is 0 Å². The number of anilines is 2. The molecule has 2 atom stereocenters. The number of nitrogens with one attached hydrogen (secondary N) is 1. The van der Waals surface area contributed by atoms with Crippen molar-refractivity contribution in [1.29, 1.82) is 0 Å². The van der Waals surface area contributed by atoms with Crippen LogP contribution in [0.25, 0.3) is 10.8 Å². The average molecular weight is 377 g/mol. The summed E-state index contributed by atoms with van der Waals surface area (Å²) in [5, 5.41) is 5.69. The number of benzene rings is 2. The van der Waals surface area contributed by atoms with Crippen molar-refractivity contribution in [2.45, 2.75) is 32.9 Å². The van der Waals surface area contributed by atoms with Crippen LogP contribution >= 0.6 is 0 Å². The van der Waals surface area contributed by atoms with Crippen LogP contribution in [0.5, 0.6) is 0 Å². The van der Waals surface area contributed by atoms with Crippen LogP contribution in [0.2, 0.25) is 0 Å². The molecule has 0 unspecified atom stereocenters. The summed E-state index contributed by atoms with van der Waals surface area (Å²) in [6.45, 7) is 6.48. The average Bonchev–Trinajstić information content (AvgIpc) is 3.09. The van der Waals surface area contributed by atoms with E-state index in [0.717, 1.165) is 5.56 Å². The zero-order valence-corrected chi connectivity index (χ0v) is 16.2. The Morgan fingerprint density at radius 1 is 1.11 bits per heavy atom. The number of hydrogen-bond acceptors (Lipinski definition) is 6. The predicted molar refractivity (Wildman–Crippen MR) is 108 cm³/mol. The van der Waals surface area contributed by atoms with Gasteiger partial charge in [0.25, 0.3) is 0 Å². The fourth-order valence-electron chi connectivity index (χ4n) is 3.38. The minimum Gasteiger partial charge on any atom is -0.447 e. The molecule has 3 aromatic rings. The van der Waals surface area contributed by atoms with Gasteiger partial charge in [0.1, 0.15) is 12.9 Å². The number of aromatic nitrogens is 3. The fourth-order valence-corrected chi connectivity index (χ4v) is 3.38. The van der Waals surface area contributed by atoms with E-state index in [0.29, 0.717) is 18.5 Å². The van der Waals surface area contributed by atoms with Crippen molar-refractivity contribution in [1.82, 2.24) is 15.0 Å². The van der Waals surface area contributed by atoms with Gasteiger partial charge in [-0.2, -0.15) is 4.98 Å². The summed E-state index contributed by atoms with van der Waals surface area (Å²) >= 11 is 0. The quantitative estimate of drug-likeness (QED) is 0.718. The first-order valence-electron chi connectivity index (χ1n) is 9.43.